The topological polar surface area (TPSA) is 113 Å². The predicted octanol–water partition coefficient (Wildman–Crippen LogP) is 0.851. The molecule has 1 unspecified atom stereocenters. The Kier molecular flexibility index (Phi) is 3.87. The third-order valence-electron chi connectivity index (χ3n) is 3.57. The van der Waals surface area contributed by atoms with Gasteiger partial charge in [0, 0.05) is 11.3 Å². The molecule has 0 aromatic carbocycles. The molecule has 1 aromatic heterocycles. The molecule has 0 saturated carbocycles. The Hall–Kier alpha value is -2.14. The van der Waals surface area contributed by atoms with Crippen LogP contribution in [0.25, 0.3) is 6.08 Å². The largest absolute Gasteiger partial charge is 0.477 e. The zero-order valence-electron chi connectivity index (χ0n) is 11.7. The first-order valence-corrected chi connectivity index (χ1v) is 8.18. The minimum absolute atomic E-state index is 0.0438. The highest BCUT2D eigenvalue weighted by molar-refractivity contribution is 7.91. The van der Waals surface area contributed by atoms with E-state index in [9.17, 15) is 13.2 Å². The number of nitriles is 1. The summed E-state index contributed by atoms with van der Waals surface area (Å²) in [5.41, 5.74) is 1.42. The SMILES string of the molecule is Cc1nn(C2CCS(=O)(=O)C2)c(C)c1/C=C(\C#N)C(=O)O. The molecule has 7 nitrogen and oxygen atoms in total. The number of sulfone groups is 1. The number of hydrogen-bond acceptors (Lipinski definition) is 5. The Bertz CT molecular complexity index is 768. The van der Waals surface area contributed by atoms with Crippen LogP contribution in [0.3, 0.4) is 0 Å². The number of nitrogens with zero attached hydrogens (tertiary/aromatic N) is 3. The van der Waals surface area contributed by atoms with Gasteiger partial charge < -0.3 is 5.11 Å². The number of aryl methyl sites for hydroxylation is 1. The lowest BCUT2D eigenvalue weighted by molar-refractivity contribution is -0.132. The zero-order chi connectivity index (χ0) is 15.8. The fraction of sp³-hybridized carbons (Fsp3) is 0.462. The highest BCUT2D eigenvalue weighted by Crippen LogP contribution is 2.27. The fourth-order valence-electron chi connectivity index (χ4n) is 2.49. The Morgan fingerprint density at radius 3 is 2.67 bits per heavy atom. The van der Waals surface area contributed by atoms with Gasteiger partial charge in [-0.2, -0.15) is 10.4 Å². The molecular formula is C13H15N3O4S. The number of carboxylic acid groups (broad SMARTS) is 1. The first kappa shape index (κ1) is 15.3. The van der Waals surface area contributed by atoms with Gasteiger partial charge >= 0.3 is 5.97 Å². The van der Waals surface area contributed by atoms with Crippen LogP contribution in [0.2, 0.25) is 0 Å². The second-order valence-electron chi connectivity index (χ2n) is 5.06. The smallest absolute Gasteiger partial charge is 0.346 e. The average molecular weight is 309 g/mol. The molecule has 2 rings (SSSR count). The van der Waals surface area contributed by atoms with Gasteiger partial charge in [-0.3, -0.25) is 4.68 Å². The summed E-state index contributed by atoms with van der Waals surface area (Å²) in [6.07, 6.45) is 1.78. The summed E-state index contributed by atoms with van der Waals surface area (Å²) in [6, 6.07) is 1.39. The van der Waals surface area contributed by atoms with Gasteiger partial charge in [0.25, 0.3) is 0 Å². The molecule has 0 spiro atoms. The molecule has 0 radical (unpaired) electrons. The predicted molar refractivity (Wildman–Crippen MR) is 75.2 cm³/mol. The van der Waals surface area contributed by atoms with E-state index in [0.717, 1.165) is 0 Å². The second-order valence-corrected chi connectivity index (χ2v) is 7.29. The zero-order valence-corrected chi connectivity index (χ0v) is 12.5. The van der Waals surface area contributed by atoms with E-state index in [2.05, 4.69) is 5.10 Å². The molecule has 112 valence electrons. The Balaban J connectivity index is 2.44. The molecule has 21 heavy (non-hydrogen) atoms. The van der Waals surface area contributed by atoms with E-state index in [1.165, 1.54) is 6.08 Å². The van der Waals surface area contributed by atoms with Crippen molar-refractivity contribution >= 4 is 21.9 Å². The Morgan fingerprint density at radius 2 is 2.19 bits per heavy atom. The van der Waals surface area contributed by atoms with Gasteiger partial charge in [-0.25, -0.2) is 13.2 Å². The third-order valence-corrected chi connectivity index (χ3v) is 5.33. The normalized spacial score (nSPS) is 21.2. The van der Waals surface area contributed by atoms with E-state index < -0.39 is 15.8 Å². The summed E-state index contributed by atoms with van der Waals surface area (Å²) in [5.74, 6) is -1.12. The Morgan fingerprint density at radius 1 is 1.52 bits per heavy atom. The third kappa shape index (κ3) is 2.97. The second kappa shape index (κ2) is 5.33. The van der Waals surface area contributed by atoms with Crippen LogP contribution >= 0.6 is 0 Å². The minimum atomic E-state index is -3.03. The van der Waals surface area contributed by atoms with E-state index in [0.29, 0.717) is 23.4 Å². The van der Waals surface area contributed by atoms with Crippen molar-refractivity contribution in [1.82, 2.24) is 9.78 Å². The number of hydrogen-bond donors (Lipinski definition) is 1. The quantitative estimate of drug-likeness (QED) is 0.654. The van der Waals surface area contributed by atoms with Crippen LogP contribution in [-0.4, -0.2) is 40.8 Å². The summed E-state index contributed by atoms with van der Waals surface area (Å²) in [5, 5.41) is 22.0. The molecule has 0 aliphatic carbocycles. The van der Waals surface area contributed by atoms with Crippen molar-refractivity contribution in [2.45, 2.75) is 26.3 Å². The molecule has 1 aromatic rings. The van der Waals surface area contributed by atoms with Crippen molar-refractivity contribution in [3.05, 3.63) is 22.5 Å². The van der Waals surface area contributed by atoms with E-state index >= 15 is 0 Å². The summed E-state index contributed by atoms with van der Waals surface area (Å²) in [7, 11) is -3.03. The lowest BCUT2D eigenvalue weighted by Crippen LogP contribution is -2.14. The van der Waals surface area contributed by atoms with Crippen molar-refractivity contribution in [2.24, 2.45) is 0 Å². The van der Waals surface area contributed by atoms with Crippen molar-refractivity contribution < 1.29 is 18.3 Å². The number of rotatable bonds is 3. The lowest BCUT2D eigenvalue weighted by atomic mass is 10.1. The van der Waals surface area contributed by atoms with Crippen LogP contribution < -0.4 is 0 Å². The van der Waals surface area contributed by atoms with Crippen molar-refractivity contribution in [1.29, 1.82) is 5.26 Å². The van der Waals surface area contributed by atoms with Gasteiger partial charge in [0.1, 0.15) is 11.6 Å². The molecular weight excluding hydrogens is 294 g/mol. The molecule has 1 fully saturated rings. The molecule has 0 amide bonds. The van der Waals surface area contributed by atoms with Gasteiger partial charge in [0.15, 0.2) is 9.84 Å². The van der Waals surface area contributed by atoms with Crippen molar-refractivity contribution in [3.8, 4) is 6.07 Å². The molecule has 1 saturated heterocycles. The van der Waals surface area contributed by atoms with Crippen LogP contribution in [-0.2, 0) is 14.6 Å². The monoisotopic (exact) mass is 309 g/mol. The van der Waals surface area contributed by atoms with Crippen LogP contribution in [0.15, 0.2) is 5.57 Å². The Labute approximate surface area is 122 Å². The van der Waals surface area contributed by atoms with Gasteiger partial charge in [-0.05, 0) is 26.3 Å². The highest BCUT2D eigenvalue weighted by atomic mass is 32.2. The fourth-order valence-corrected chi connectivity index (χ4v) is 4.19. The van der Waals surface area contributed by atoms with Crippen LogP contribution in [0.4, 0.5) is 0 Å². The van der Waals surface area contributed by atoms with Crippen LogP contribution in [0, 0.1) is 25.2 Å². The number of carbonyl (C=O) groups is 1. The van der Waals surface area contributed by atoms with Crippen LogP contribution in [0.5, 0.6) is 0 Å². The van der Waals surface area contributed by atoms with E-state index in [4.69, 9.17) is 10.4 Å². The highest BCUT2D eigenvalue weighted by Gasteiger charge is 2.31. The summed E-state index contributed by atoms with van der Waals surface area (Å²) >= 11 is 0. The molecule has 1 aliphatic rings. The van der Waals surface area contributed by atoms with Gasteiger partial charge in [0.2, 0.25) is 0 Å². The van der Waals surface area contributed by atoms with Gasteiger partial charge in [-0.1, -0.05) is 0 Å². The van der Waals surface area contributed by atoms with E-state index in [1.54, 1.807) is 24.6 Å². The molecule has 1 aliphatic heterocycles. The number of carboxylic acids is 1. The van der Waals surface area contributed by atoms with Crippen LogP contribution in [0.1, 0.15) is 29.4 Å². The maximum Gasteiger partial charge on any atom is 0.346 e. The average Bonchev–Trinajstić information content (AvgIpc) is 2.88. The summed E-state index contributed by atoms with van der Waals surface area (Å²) in [6.45, 7) is 3.45. The summed E-state index contributed by atoms with van der Waals surface area (Å²) < 4.78 is 24.7. The standard InChI is InChI=1S/C13H15N3O4S/c1-8-12(5-10(6-14)13(17)18)9(2)16(15-8)11-3-4-21(19,20)7-11/h5,11H,3-4,7H2,1-2H3,(H,17,18)/b10-5+. The number of aromatic nitrogens is 2. The van der Waals surface area contributed by atoms with Crippen molar-refractivity contribution in [2.75, 3.05) is 11.5 Å². The number of aliphatic carboxylic acids is 1. The van der Waals surface area contributed by atoms with E-state index in [1.807, 2.05) is 0 Å². The first-order valence-electron chi connectivity index (χ1n) is 6.36. The maximum atomic E-state index is 11.6. The van der Waals surface area contributed by atoms with Crippen molar-refractivity contribution in [3.63, 3.8) is 0 Å². The minimum Gasteiger partial charge on any atom is -0.477 e. The molecule has 0 bridgehead atoms. The maximum absolute atomic E-state index is 11.6. The molecule has 2 heterocycles. The summed E-state index contributed by atoms with van der Waals surface area (Å²) in [4.78, 5) is 10.9. The van der Waals surface area contributed by atoms with Gasteiger partial charge in [0.05, 0.1) is 23.2 Å². The molecule has 8 heteroatoms. The first-order chi connectivity index (χ1) is 9.75. The molecule has 1 atom stereocenters. The molecule has 1 N–H and O–H groups in total. The van der Waals surface area contributed by atoms with Gasteiger partial charge in [-0.15, -0.1) is 0 Å². The lowest BCUT2D eigenvalue weighted by Gasteiger charge is -2.10. The van der Waals surface area contributed by atoms with E-state index in [-0.39, 0.29) is 23.1 Å².